The van der Waals surface area contributed by atoms with Crippen LogP contribution in [0.4, 0.5) is 0 Å². The summed E-state index contributed by atoms with van der Waals surface area (Å²) < 4.78 is 50.5. The molecule has 1 atom stereocenters. The van der Waals surface area contributed by atoms with Crippen molar-refractivity contribution in [3.8, 4) is 0 Å². The Balaban J connectivity index is 3.18. The smallest absolute Gasteiger partial charge is 0.321 e. The molecular formula is C14H21NO6S2. The van der Waals surface area contributed by atoms with Crippen molar-refractivity contribution in [2.45, 2.75) is 43.0 Å². The number of carboxylic acid groups (broad SMARTS) is 1. The van der Waals surface area contributed by atoms with E-state index >= 15 is 0 Å². The summed E-state index contributed by atoms with van der Waals surface area (Å²) in [4.78, 5) is 10.8. The van der Waals surface area contributed by atoms with Crippen molar-refractivity contribution in [1.82, 2.24) is 4.72 Å². The Morgan fingerprint density at radius 1 is 1.17 bits per heavy atom. The Morgan fingerprint density at radius 2 is 1.74 bits per heavy atom. The topological polar surface area (TPSA) is 118 Å². The van der Waals surface area contributed by atoms with Crippen LogP contribution >= 0.6 is 0 Å². The molecule has 0 aliphatic carbocycles. The van der Waals surface area contributed by atoms with Gasteiger partial charge in [-0.1, -0.05) is 26.8 Å². The Kier molecular flexibility index (Phi) is 6.32. The highest BCUT2D eigenvalue weighted by atomic mass is 32.2. The van der Waals surface area contributed by atoms with Gasteiger partial charge in [-0.05, 0) is 30.5 Å². The molecule has 0 saturated heterocycles. The maximum Gasteiger partial charge on any atom is 0.321 e. The Hall–Kier alpha value is -1.45. The molecular weight excluding hydrogens is 342 g/mol. The molecule has 0 unspecified atom stereocenters. The first-order valence-corrected chi connectivity index (χ1v) is 10.2. The van der Waals surface area contributed by atoms with E-state index in [9.17, 15) is 21.6 Å². The summed E-state index contributed by atoms with van der Waals surface area (Å²) in [7, 11) is -7.69. The van der Waals surface area contributed by atoms with Crippen molar-refractivity contribution < 1.29 is 26.7 Å². The molecule has 0 spiro atoms. The predicted molar refractivity (Wildman–Crippen MR) is 85.4 cm³/mol. The zero-order valence-corrected chi connectivity index (χ0v) is 14.8. The molecule has 0 aromatic heterocycles. The number of aliphatic carboxylic acids is 1. The van der Waals surface area contributed by atoms with Crippen molar-refractivity contribution in [2.75, 3.05) is 5.75 Å². The number of benzene rings is 1. The highest BCUT2D eigenvalue weighted by Crippen LogP contribution is 2.18. The highest BCUT2D eigenvalue weighted by molar-refractivity contribution is 7.91. The molecule has 0 bridgehead atoms. The fourth-order valence-electron chi connectivity index (χ4n) is 1.93. The average molecular weight is 363 g/mol. The second-order valence-corrected chi connectivity index (χ2v) is 9.51. The Labute approximate surface area is 136 Å². The van der Waals surface area contributed by atoms with Gasteiger partial charge in [0.25, 0.3) is 0 Å². The van der Waals surface area contributed by atoms with Gasteiger partial charge in [0.1, 0.15) is 6.04 Å². The molecule has 7 nitrogen and oxygen atoms in total. The molecule has 0 radical (unpaired) electrons. The first-order valence-electron chi connectivity index (χ1n) is 7.07. The number of hydrogen-bond donors (Lipinski definition) is 2. The molecule has 130 valence electrons. The van der Waals surface area contributed by atoms with Gasteiger partial charge < -0.3 is 5.11 Å². The Bertz CT molecular complexity index is 768. The van der Waals surface area contributed by atoms with Crippen molar-refractivity contribution in [3.05, 3.63) is 24.3 Å². The summed E-state index contributed by atoms with van der Waals surface area (Å²) in [6, 6.07) is 3.61. The number of nitrogens with one attached hydrogen (secondary N) is 1. The van der Waals surface area contributed by atoms with Crippen LogP contribution in [-0.2, 0) is 24.7 Å². The van der Waals surface area contributed by atoms with Gasteiger partial charge >= 0.3 is 5.97 Å². The summed E-state index contributed by atoms with van der Waals surface area (Å²) in [6.07, 6.45) is 0.127. The minimum atomic E-state index is -4.14. The van der Waals surface area contributed by atoms with E-state index in [1.807, 2.05) is 0 Å². The maximum atomic E-state index is 12.3. The zero-order chi connectivity index (χ0) is 17.8. The molecule has 0 amide bonds. The molecule has 0 saturated carbocycles. The molecule has 0 aliphatic heterocycles. The van der Waals surface area contributed by atoms with Crippen LogP contribution in [0.15, 0.2) is 34.1 Å². The number of rotatable bonds is 8. The Morgan fingerprint density at radius 3 is 2.22 bits per heavy atom. The van der Waals surface area contributed by atoms with Gasteiger partial charge in [-0.15, -0.1) is 0 Å². The summed E-state index contributed by atoms with van der Waals surface area (Å²) in [6.45, 7) is 5.01. The summed E-state index contributed by atoms with van der Waals surface area (Å²) in [5.41, 5.74) is 0. The fourth-order valence-corrected chi connectivity index (χ4v) is 4.18. The molecule has 2 N–H and O–H groups in total. The fraction of sp³-hybridized carbons (Fsp3) is 0.500. The number of sulfone groups is 1. The zero-order valence-electron chi connectivity index (χ0n) is 13.2. The van der Waals surface area contributed by atoms with Crippen molar-refractivity contribution in [3.63, 3.8) is 0 Å². The lowest BCUT2D eigenvalue weighted by atomic mass is 10.1. The van der Waals surface area contributed by atoms with E-state index in [2.05, 4.69) is 4.72 Å². The van der Waals surface area contributed by atoms with Crippen LogP contribution in [0.5, 0.6) is 0 Å². The largest absolute Gasteiger partial charge is 0.480 e. The first-order chi connectivity index (χ1) is 10.5. The quantitative estimate of drug-likeness (QED) is 0.718. The van der Waals surface area contributed by atoms with E-state index < -0.39 is 31.9 Å². The van der Waals surface area contributed by atoms with Crippen LogP contribution in [-0.4, -0.2) is 39.7 Å². The second kappa shape index (κ2) is 7.41. The highest BCUT2D eigenvalue weighted by Gasteiger charge is 2.27. The van der Waals surface area contributed by atoms with Gasteiger partial charge in [0.05, 0.1) is 15.5 Å². The standard InChI is InChI=1S/C14H21NO6S2/c1-4-22(18,19)11-6-5-7-12(9-11)23(20,21)15-13(14(16)17)8-10(2)3/h5-7,9-10,13,15H,4,8H2,1-3H3,(H,16,17)/t13-/m0/s1. The van der Waals surface area contributed by atoms with Crippen LogP contribution in [0.1, 0.15) is 27.2 Å². The minimum absolute atomic E-state index is 0.0226. The monoisotopic (exact) mass is 363 g/mol. The van der Waals surface area contributed by atoms with E-state index in [4.69, 9.17) is 5.11 Å². The SMILES string of the molecule is CCS(=O)(=O)c1cccc(S(=O)(=O)N[C@@H](CC(C)C)C(=O)O)c1. The number of sulfonamides is 1. The molecule has 1 aromatic rings. The normalized spacial score (nSPS) is 13.9. The summed E-state index contributed by atoms with van der Waals surface area (Å²) in [5, 5.41) is 9.13. The van der Waals surface area contributed by atoms with Gasteiger partial charge in [-0.2, -0.15) is 4.72 Å². The first kappa shape index (κ1) is 19.6. The van der Waals surface area contributed by atoms with Crippen LogP contribution in [0.3, 0.4) is 0 Å². The van der Waals surface area contributed by atoms with Crippen molar-refractivity contribution in [2.24, 2.45) is 5.92 Å². The van der Waals surface area contributed by atoms with Gasteiger partial charge in [-0.3, -0.25) is 4.79 Å². The lowest BCUT2D eigenvalue weighted by Crippen LogP contribution is -2.41. The third kappa shape index (κ3) is 5.29. The third-order valence-electron chi connectivity index (χ3n) is 3.16. The van der Waals surface area contributed by atoms with Crippen molar-refractivity contribution >= 4 is 25.8 Å². The van der Waals surface area contributed by atoms with Crippen LogP contribution in [0.2, 0.25) is 0 Å². The predicted octanol–water partition coefficient (Wildman–Crippen LogP) is 1.26. The van der Waals surface area contributed by atoms with Gasteiger partial charge in [0.2, 0.25) is 10.0 Å². The lowest BCUT2D eigenvalue weighted by Gasteiger charge is -2.17. The van der Waals surface area contributed by atoms with E-state index in [1.165, 1.54) is 25.1 Å². The lowest BCUT2D eigenvalue weighted by molar-refractivity contribution is -0.139. The van der Waals surface area contributed by atoms with E-state index in [0.717, 1.165) is 6.07 Å². The maximum absolute atomic E-state index is 12.3. The molecule has 0 aliphatic rings. The average Bonchev–Trinajstić information content (AvgIpc) is 2.46. The molecule has 0 heterocycles. The molecule has 9 heteroatoms. The number of carboxylic acids is 1. The number of carbonyl (C=O) groups is 1. The third-order valence-corrected chi connectivity index (χ3v) is 6.36. The van der Waals surface area contributed by atoms with Gasteiger partial charge in [-0.25, -0.2) is 16.8 Å². The molecule has 0 fully saturated rings. The number of hydrogen-bond acceptors (Lipinski definition) is 5. The van der Waals surface area contributed by atoms with Crippen LogP contribution < -0.4 is 4.72 Å². The second-order valence-electron chi connectivity index (χ2n) is 5.52. The van der Waals surface area contributed by atoms with E-state index in [0.29, 0.717) is 0 Å². The van der Waals surface area contributed by atoms with Gasteiger partial charge in [0.15, 0.2) is 9.84 Å². The summed E-state index contributed by atoms with van der Waals surface area (Å²) >= 11 is 0. The molecule has 1 rings (SSSR count). The van der Waals surface area contributed by atoms with E-state index in [1.54, 1.807) is 13.8 Å². The van der Waals surface area contributed by atoms with Crippen LogP contribution in [0, 0.1) is 5.92 Å². The van der Waals surface area contributed by atoms with Crippen LogP contribution in [0.25, 0.3) is 0 Å². The summed E-state index contributed by atoms with van der Waals surface area (Å²) in [5.74, 6) is -1.46. The van der Waals surface area contributed by atoms with Gasteiger partial charge in [0, 0.05) is 0 Å². The molecule has 23 heavy (non-hydrogen) atoms. The van der Waals surface area contributed by atoms with E-state index in [-0.39, 0.29) is 27.9 Å². The minimum Gasteiger partial charge on any atom is -0.480 e. The van der Waals surface area contributed by atoms with Crippen molar-refractivity contribution in [1.29, 1.82) is 0 Å². The molecule has 1 aromatic carbocycles.